The number of rotatable bonds is 4. The Balaban J connectivity index is 1.89. The van der Waals surface area contributed by atoms with E-state index in [-0.39, 0.29) is 5.75 Å². The van der Waals surface area contributed by atoms with E-state index < -0.39 is 15.4 Å². The van der Waals surface area contributed by atoms with Crippen LogP contribution in [0.5, 0.6) is 0 Å². The zero-order valence-electron chi connectivity index (χ0n) is 13.8. The fraction of sp³-hybridized carbons (Fsp3) is 0.438. The SMILES string of the molecule is CS(=O)(=O)CC1(N)CCN(c2ccc(Cl)c(Cl)c2-c2ccn[nH]2)CC1. The molecule has 1 aromatic carbocycles. The molecular formula is C16H20Cl2N4O2S. The highest BCUT2D eigenvalue weighted by atomic mass is 35.5. The summed E-state index contributed by atoms with van der Waals surface area (Å²) in [6.45, 7) is 1.29. The van der Waals surface area contributed by atoms with Crippen LogP contribution in [0.4, 0.5) is 5.69 Å². The van der Waals surface area contributed by atoms with Crippen molar-refractivity contribution in [1.29, 1.82) is 0 Å². The number of aromatic amines is 1. The third-order valence-corrected chi connectivity index (χ3v) is 6.40. The van der Waals surface area contributed by atoms with E-state index in [1.54, 1.807) is 12.3 Å². The van der Waals surface area contributed by atoms with E-state index in [1.807, 2.05) is 12.1 Å². The number of aromatic nitrogens is 2. The summed E-state index contributed by atoms with van der Waals surface area (Å²) in [7, 11) is -3.12. The molecule has 6 nitrogen and oxygen atoms in total. The van der Waals surface area contributed by atoms with E-state index in [9.17, 15) is 8.42 Å². The Bertz CT molecular complexity index is 861. The van der Waals surface area contributed by atoms with Crippen molar-refractivity contribution < 1.29 is 8.42 Å². The van der Waals surface area contributed by atoms with Crippen LogP contribution in [0.15, 0.2) is 24.4 Å². The predicted molar refractivity (Wildman–Crippen MR) is 102 cm³/mol. The van der Waals surface area contributed by atoms with Crippen molar-refractivity contribution in [2.45, 2.75) is 18.4 Å². The van der Waals surface area contributed by atoms with E-state index >= 15 is 0 Å². The molecule has 1 aliphatic rings. The van der Waals surface area contributed by atoms with Crippen LogP contribution >= 0.6 is 23.2 Å². The molecule has 1 aliphatic heterocycles. The molecule has 136 valence electrons. The van der Waals surface area contributed by atoms with Crippen molar-refractivity contribution in [1.82, 2.24) is 10.2 Å². The second-order valence-corrected chi connectivity index (χ2v) is 9.57. The lowest BCUT2D eigenvalue weighted by Gasteiger charge is -2.40. The summed E-state index contributed by atoms with van der Waals surface area (Å²) in [4.78, 5) is 2.16. The number of nitrogens with zero attached hydrogens (tertiary/aromatic N) is 2. The molecule has 0 unspecified atom stereocenters. The Labute approximate surface area is 157 Å². The van der Waals surface area contributed by atoms with Gasteiger partial charge in [-0.05, 0) is 31.0 Å². The molecule has 0 aliphatic carbocycles. The Morgan fingerprint density at radius 2 is 1.96 bits per heavy atom. The van der Waals surface area contributed by atoms with Crippen LogP contribution in [0.1, 0.15) is 12.8 Å². The maximum atomic E-state index is 11.6. The summed E-state index contributed by atoms with van der Waals surface area (Å²) in [6, 6.07) is 5.52. The van der Waals surface area contributed by atoms with Gasteiger partial charge in [0.15, 0.2) is 0 Å². The molecule has 0 atom stereocenters. The zero-order chi connectivity index (χ0) is 18.2. The molecule has 1 fully saturated rings. The van der Waals surface area contributed by atoms with Crippen LogP contribution in [0.2, 0.25) is 10.0 Å². The number of nitrogens with one attached hydrogen (secondary N) is 1. The van der Waals surface area contributed by atoms with Crippen molar-refractivity contribution in [3.05, 3.63) is 34.4 Å². The second-order valence-electron chi connectivity index (χ2n) is 6.65. The van der Waals surface area contributed by atoms with Gasteiger partial charge in [0.1, 0.15) is 9.84 Å². The van der Waals surface area contributed by atoms with Gasteiger partial charge in [-0.3, -0.25) is 5.10 Å². The van der Waals surface area contributed by atoms with Gasteiger partial charge < -0.3 is 10.6 Å². The lowest BCUT2D eigenvalue weighted by Crippen LogP contribution is -2.54. The van der Waals surface area contributed by atoms with E-state index in [2.05, 4.69) is 15.1 Å². The number of hydrogen-bond donors (Lipinski definition) is 2. The predicted octanol–water partition coefficient (Wildman–Crippen LogP) is 2.73. The van der Waals surface area contributed by atoms with Gasteiger partial charge in [0.05, 0.1) is 21.5 Å². The number of piperidine rings is 1. The number of halogens is 2. The quantitative estimate of drug-likeness (QED) is 0.819. The van der Waals surface area contributed by atoms with E-state index in [0.717, 1.165) is 16.9 Å². The van der Waals surface area contributed by atoms with Gasteiger partial charge in [-0.15, -0.1) is 0 Å². The summed E-state index contributed by atoms with van der Waals surface area (Å²) in [5.74, 6) is 0.00260. The molecule has 2 heterocycles. The normalized spacial score (nSPS) is 17.7. The fourth-order valence-electron chi connectivity index (χ4n) is 3.31. The van der Waals surface area contributed by atoms with Crippen LogP contribution in [0.3, 0.4) is 0 Å². The summed E-state index contributed by atoms with van der Waals surface area (Å²) < 4.78 is 23.2. The molecule has 0 spiro atoms. The Hall–Kier alpha value is -1.28. The molecule has 1 saturated heterocycles. The first-order valence-electron chi connectivity index (χ1n) is 7.88. The van der Waals surface area contributed by atoms with Gasteiger partial charge in [-0.1, -0.05) is 23.2 Å². The standard InChI is InChI=1S/C16H20Cl2N4O2S/c1-25(23,24)10-16(19)5-8-22(9-6-16)13-3-2-11(17)15(18)14(13)12-4-7-20-21-12/h2-4,7H,5-6,8-10,19H2,1H3,(H,20,21). The second kappa shape index (κ2) is 6.79. The molecule has 0 bridgehead atoms. The molecule has 1 aromatic heterocycles. The highest BCUT2D eigenvalue weighted by Crippen LogP contribution is 2.41. The molecule has 0 saturated carbocycles. The molecule has 3 rings (SSSR count). The van der Waals surface area contributed by atoms with Crippen molar-refractivity contribution in [3.8, 4) is 11.3 Å². The molecule has 0 amide bonds. The molecule has 25 heavy (non-hydrogen) atoms. The first-order chi connectivity index (χ1) is 11.7. The van der Waals surface area contributed by atoms with Gasteiger partial charge in [-0.25, -0.2) is 8.42 Å². The average Bonchev–Trinajstić information content (AvgIpc) is 3.02. The largest absolute Gasteiger partial charge is 0.371 e. The highest BCUT2D eigenvalue weighted by Gasteiger charge is 2.34. The lowest BCUT2D eigenvalue weighted by atomic mass is 9.90. The number of H-pyrrole nitrogens is 1. The Morgan fingerprint density at radius 3 is 2.52 bits per heavy atom. The Morgan fingerprint density at radius 1 is 1.28 bits per heavy atom. The molecule has 2 aromatic rings. The third kappa shape index (κ3) is 4.11. The van der Waals surface area contributed by atoms with E-state index in [4.69, 9.17) is 28.9 Å². The maximum absolute atomic E-state index is 11.6. The lowest BCUT2D eigenvalue weighted by molar-refractivity contribution is 0.365. The first kappa shape index (κ1) is 18.5. The smallest absolute Gasteiger partial charge is 0.149 e. The number of nitrogens with two attached hydrogens (primary N) is 1. The van der Waals surface area contributed by atoms with Crippen LogP contribution in [-0.4, -0.2) is 49.3 Å². The Kier molecular flexibility index (Phi) is 5.03. The van der Waals surface area contributed by atoms with Gasteiger partial charge in [0, 0.05) is 42.3 Å². The molecule has 3 N–H and O–H groups in total. The van der Waals surface area contributed by atoms with Crippen LogP contribution in [0.25, 0.3) is 11.3 Å². The topological polar surface area (TPSA) is 92.1 Å². The minimum atomic E-state index is -3.12. The molecule has 0 radical (unpaired) electrons. The number of hydrogen-bond acceptors (Lipinski definition) is 5. The molecule has 9 heteroatoms. The van der Waals surface area contributed by atoms with Gasteiger partial charge in [0.25, 0.3) is 0 Å². The fourth-order valence-corrected chi connectivity index (χ4v) is 5.07. The van der Waals surface area contributed by atoms with Gasteiger partial charge in [0.2, 0.25) is 0 Å². The first-order valence-corrected chi connectivity index (χ1v) is 10.7. The third-order valence-electron chi connectivity index (χ3n) is 4.49. The summed E-state index contributed by atoms with van der Waals surface area (Å²) >= 11 is 12.6. The average molecular weight is 403 g/mol. The van der Waals surface area contributed by atoms with E-state index in [1.165, 1.54) is 6.26 Å². The minimum absolute atomic E-state index is 0.00260. The monoisotopic (exact) mass is 402 g/mol. The summed E-state index contributed by atoms with van der Waals surface area (Å²) in [5.41, 5.74) is 8.12. The van der Waals surface area contributed by atoms with Crippen molar-refractivity contribution in [2.24, 2.45) is 5.73 Å². The van der Waals surface area contributed by atoms with Crippen molar-refractivity contribution in [2.75, 3.05) is 30.0 Å². The number of anilines is 1. The van der Waals surface area contributed by atoms with E-state index in [0.29, 0.717) is 36.0 Å². The zero-order valence-corrected chi connectivity index (χ0v) is 16.1. The number of sulfone groups is 1. The minimum Gasteiger partial charge on any atom is -0.371 e. The van der Waals surface area contributed by atoms with Crippen LogP contribution < -0.4 is 10.6 Å². The van der Waals surface area contributed by atoms with Crippen LogP contribution in [0, 0.1) is 0 Å². The summed E-state index contributed by atoms with van der Waals surface area (Å²) in [5, 5.41) is 7.84. The highest BCUT2D eigenvalue weighted by molar-refractivity contribution is 7.90. The van der Waals surface area contributed by atoms with Crippen molar-refractivity contribution in [3.63, 3.8) is 0 Å². The molecular weight excluding hydrogens is 383 g/mol. The summed E-state index contributed by atoms with van der Waals surface area (Å²) in [6.07, 6.45) is 4.05. The number of benzene rings is 1. The van der Waals surface area contributed by atoms with Gasteiger partial charge in [-0.2, -0.15) is 5.10 Å². The maximum Gasteiger partial charge on any atom is 0.149 e. The van der Waals surface area contributed by atoms with Crippen molar-refractivity contribution >= 4 is 38.7 Å². The van der Waals surface area contributed by atoms with Gasteiger partial charge >= 0.3 is 0 Å². The van der Waals surface area contributed by atoms with Crippen LogP contribution in [-0.2, 0) is 9.84 Å².